The van der Waals surface area contributed by atoms with Crippen molar-refractivity contribution in [2.75, 3.05) is 5.73 Å². The van der Waals surface area contributed by atoms with E-state index in [4.69, 9.17) is 10.5 Å². The lowest BCUT2D eigenvalue weighted by Crippen LogP contribution is -2.10. The van der Waals surface area contributed by atoms with Crippen LogP contribution < -0.4 is 10.5 Å². The van der Waals surface area contributed by atoms with Crippen molar-refractivity contribution in [1.82, 2.24) is 9.97 Å². The van der Waals surface area contributed by atoms with Crippen LogP contribution in [0.3, 0.4) is 0 Å². The van der Waals surface area contributed by atoms with E-state index in [1.807, 2.05) is 18.2 Å². The van der Waals surface area contributed by atoms with Crippen LogP contribution in [0.15, 0.2) is 34.9 Å². The highest BCUT2D eigenvalue weighted by molar-refractivity contribution is 9.10. The number of hydrogen-bond donors (Lipinski definition) is 1. The van der Waals surface area contributed by atoms with Gasteiger partial charge in [0.2, 0.25) is 0 Å². The summed E-state index contributed by atoms with van der Waals surface area (Å²) in [6.07, 6.45) is 0. The van der Waals surface area contributed by atoms with Crippen LogP contribution in [0.1, 0.15) is 26.3 Å². The second-order valence-corrected chi connectivity index (χ2v) is 6.09. The zero-order chi connectivity index (χ0) is 14.0. The number of aromatic nitrogens is 2. The molecule has 0 amide bonds. The molecule has 0 spiro atoms. The minimum absolute atomic E-state index is 0.0660. The summed E-state index contributed by atoms with van der Waals surface area (Å²) in [6, 6.07) is 9.74. The molecule has 19 heavy (non-hydrogen) atoms. The first kappa shape index (κ1) is 13.8. The highest BCUT2D eigenvalue weighted by Crippen LogP contribution is 2.27. The third kappa shape index (κ3) is 3.67. The van der Waals surface area contributed by atoms with Crippen LogP contribution in [0.4, 0.5) is 5.82 Å². The molecule has 0 aliphatic heterocycles. The molecule has 2 aromatic rings. The molecule has 1 heterocycles. The van der Waals surface area contributed by atoms with Crippen LogP contribution >= 0.6 is 15.9 Å². The van der Waals surface area contributed by atoms with Crippen LogP contribution in [0.5, 0.6) is 11.8 Å². The zero-order valence-electron chi connectivity index (χ0n) is 11.1. The van der Waals surface area contributed by atoms with Gasteiger partial charge in [-0.3, -0.25) is 0 Å². The lowest BCUT2D eigenvalue weighted by molar-refractivity contribution is 0.439. The van der Waals surface area contributed by atoms with E-state index in [2.05, 4.69) is 52.7 Å². The minimum Gasteiger partial charge on any atom is -0.424 e. The van der Waals surface area contributed by atoms with Gasteiger partial charge in [-0.15, -0.1) is 0 Å². The van der Waals surface area contributed by atoms with Crippen molar-refractivity contribution in [3.8, 4) is 11.8 Å². The Bertz CT molecular complexity index is 573. The fraction of sp³-hybridized carbons (Fsp3) is 0.286. The molecule has 4 nitrogen and oxygen atoms in total. The average Bonchev–Trinajstić information content (AvgIpc) is 2.26. The Labute approximate surface area is 121 Å². The van der Waals surface area contributed by atoms with Gasteiger partial charge in [0.25, 0.3) is 0 Å². The molecular weight excluding hydrogens is 306 g/mol. The molecule has 2 rings (SSSR count). The Kier molecular flexibility index (Phi) is 3.75. The molecule has 0 bridgehead atoms. The third-order valence-electron chi connectivity index (χ3n) is 2.60. The van der Waals surface area contributed by atoms with Crippen LogP contribution in [-0.2, 0) is 5.41 Å². The smallest absolute Gasteiger partial charge is 0.325 e. The number of ether oxygens (including phenoxy) is 1. The van der Waals surface area contributed by atoms with E-state index in [9.17, 15) is 0 Å². The fourth-order valence-corrected chi connectivity index (χ4v) is 1.98. The number of benzene rings is 1. The Hall–Kier alpha value is -1.62. The quantitative estimate of drug-likeness (QED) is 0.852. The second kappa shape index (κ2) is 5.17. The first-order valence-electron chi connectivity index (χ1n) is 5.93. The van der Waals surface area contributed by atoms with Gasteiger partial charge < -0.3 is 10.5 Å². The molecule has 0 radical (unpaired) electrons. The van der Waals surface area contributed by atoms with Gasteiger partial charge in [0.05, 0.1) is 0 Å². The molecule has 0 aliphatic carbocycles. The largest absolute Gasteiger partial charge is 0.424 e. The van der Waals surface area contributed by atoms with Crippen molar-refractivity contribution in [3.63, 3.8) is 0 Å². The maximum Gasteiger partial charge on any atom is 0.325 e. The Morgan fingerprint density at radius 3 is 2.53 bits per heavy atom. The van der Waals surface area contributed by atoms with Gasteiger partial charge in [0.1, 0.15) is 16.2 Å². The number of hydrogen-bond acceptors (Lipinski definition) is 4. The number of halogens is 1. The molecule has 2 N–H and O–H groups in total. The summed E-state index contributed by atoms with van der Waals surface area (Å²) >= 11 is 3.26. The molecule has 0 saturated carbocycles. The van der Waals surface area contributed by atoms with Crippen molar-refractivity contribution >= 4 is 21.7 Å². The van der Waals surface area contributed by atoms with Crippen LogP contribution in [0, 0.1) is 0 Å². The summed E-state index contributed by atoms with van der Waals surface area (Å²) in [5.74, 6) is 1.06. The molecule has 1 aromatic heterocycles. The van der Waals surface area contributed by atoms with Gasteiger partial charge in [-0.05, 0) is 39.0 Å². The summed E-state index contributed by atoms with van der Waals surface area (Å²) in [7, 11) is 0. The molecule has 0 unspecified atom stereocenters. The topological polar surface area (TPSA) is 61.0 Å². The van der Waals surface area contributed by atoms with E-state index in [1.54, 1.807) is 6.07 Å². The van der Waals surface area contributed by atoms with Gasteiger partial charge >= 0.3 is 6.01 Å². The predicted molar refractivity (Wildman–Crippen MR) is 79.4 cm³/mol. The monoisotopic (exact) mass is 321 g/mol. The molecule has 1 aromatic carbocycles. The van der Waals surface area contributed by atoms with E-state index < -0.39 is 0 Å². The molecule has 100 valence electrons. The van der Waals surface area contributed by atoms with Gasteiger partial charge in [0, 0.05) is 6.07 Å². The maximum atomic E-state index is 5.65. The lowest BCUT2D eigenvalue weighted by Gasteiger charge is -2.19. The van der Waals surface area contributed by atoms with E-state index in [0.717, 1.165) is 0 Å². The maximum absolute atomic E-state index is 5.65. The number of nitrogens with zero attached hydrogens (tertiary/aromatic N) is 2. The number of nitrogens with two attached hydrogens (primary N) is 1. The van der Waals surface area contributed by atoms with Crippen LogP contribution in [0.2, 0.25) is 0 Å². The lowest BCUT2D eigenvalue weighted by atomic mass is 9.87. The number of anilines is 1. The first-order chi connectivity index (χ1) is 8.84. The third-order valence-corrected chi connectivity index (χ3v) is 3.01. The van der Waals surface area contributed by atoms with Crippen molar-refractivity contribution in [1.29, 1.82) is 0 Å². The summed E-state index contributed by atoms with van der Waals surface area (Å²) in [5, 5.41) is 0. The average molecular weight is 322 g/mol. The standard InChI is InChI=1S/C14H16BrN3O/c1-14(2,3)9-5-4-6-10(7-9)19-13-17-11(15)8-12(16)18-13/h4-8H,1-3H3,(H2,16,17,18). The van der Waals surface area contributed by atoms with Crippen molar-refractivity contribution in [2.24, 2.45) is 0 Å². The predicted octanol–water partition coefficient (Wildman–Crippen LogP) is 3.91. The van der Waals surface area contributed by atoms with Gasteiger partial charge in [-0.2, -0.15) is 9.97 Å². The number of nitrogen functional groups attached to an aromatic ring is 1. The molecule has 0 saturated heterocycles. The van der Waals surface area contributed by atoms with E-state index in [0.29, 0.717) is 16.2 Å². The highest BCUT2D eigenvalue weighted by atomic mass is 79.9. The molecule has 0 atom stereocenters. The summed E-state index contributed by atoms with van der Waals surface area (Å²) in [6.45, 7) is 6.46. The summed E-state index contributed by atoms with van der Waals surface area (Å²) < 4.78 is 6.24. The van der Waals surface area contributed by atoms with E-state index in [-0.39, 0.29) is 11.4 Å². The molecule has 5 heteroatoms. The van der Waals surface area contributed by atoms with Gasteiger partial charge in [-0.1, -0.05) is 32.9 Å². The Morgan fingerprint density at radius 2 is 1.89 bits per heavy atom. The van der Waals surface area contributed by atoms with Gasteiger partial charge in [-0.25, -0.2) is 0 Å². The van der Waals surface area contributed by atoms with E-state index in [1.165, 1.54) is 5.56 Å². The normalized spacial score (nSPS) is 11.4. The minimum atomic E-state index is 0.0660. The zero-order valence-corrected chi connectivity index (χ0v) is 12.7. The van der Waals surface area contributed by atoms with Crippen LogP contribution in [0.25, 0.3) is 0 Å². The fourth-order valence-electron chi connectivity index (χ4n) is 1.59. The molecule has 0 aliphatic rings. The van der Waals surface area contributed by atoms with Gasteiger partial charge in [0.15, 0.2) is 0 Å². The first-order valence-corrected chi connectivity index (χ1v) is 6.72. The number of rotatable bonds is 2. The van der Waals surface area contributed by atoms with Crippen molar-refractivity contribution in [3.05, 3.63) is 40.5 Å². The summed E-state index contributed by atoms with van der Waals surface area (Å²) in [5.41, 5.74) is 6.91. The Morgan fingerprint density at radius 1 is 1.16 bits per heavy atom. The Balaban J connectivity index is 2.28. The SMILES string of the molecule is CC(C)(C)c1cccc(Oc2nc(N)cc(Br)n2)c1. The highest BCUT2D eigenvalue weighted by Gasteiger charge is 2.14. The molecule has 0 fully saturated rings. The van der Waals surface area contributed by atoms with E-state index >= 15 is 0 Å². The molecular formula is C14H16BrN3O. The van der Waals surface area contributed by atoms with Crippen LogP contribution in [-0.4, -0.2) is 9.97 Å². The van der Waals surface area contributed by atoms with Crippen molar-refractivity contribution < 1.29 is 4.74 Å². The van der Waals surface area contributed by atoms with Crippen molar-refractivity contribution in [2.45, 2.75) is 26.2 Å². The second-order valence-electron chi connectivity index (χ2n) is 5.28. The summed E-state index contributed by atoms with van der Waals surface area (Å²) in [4.78, 5) is 8.16.